The molecule has 18 heavy (non-hydrogen) atoms. The Morgan fingerprint density at radius 1 is 1.56 bits per heavy atom. The fraction of sp³-hybridized carbons (Fsp3) is 0.545. The fourth-order valence-electron chi connectivity index (χ4n) is 1.95. The molecule has 7 heteroatoms. The zero-order valence-corrected chi connectivity index (χ0v) is 10.6. The van der Waals surface area contributed by atoms with E-state index in [1.165, 1.54) is 18.3 Å². The summed E-state index contributed by atoms with van der Waals surface area (Å²) in [5.74, 6) is 0.0509. The molecule has 0 aromatic carbocycles. The largest absolute Gasteiger partial charge is 0.391 e. The molecular weight excluding hydrogens is 254 g/mol. The first kappa shape index (κ1) is 11.6. The van der Waals surface area contributed by atoms with Crippen LogP contribution < -0.4 is 10.2 Å². The molecule has 2 fully saturated rings. The molecule has 3 rings (SSSR count). The Bertz CT molecular complexity index is 509. The minimum Gasteiger partial charge on any atom is -0.391 e. The predicted molar refractivity (Wildman–Crippen MR) is 65.6 cm³/mol. The van der Waals surface area contributed by atoms with Gasteiger partial charge in [-0.05, 0) is 19.8 Å². The molecule has 0 bridgehead atoms. The summed E-state index contributed by atoms with van der Waals surface area (Å²) in [5.41, 5.74) is 0.955. The van der Waals surface area contributed by atoms with Crippen LogP contribution in [-0.2, 0) is 4.79 Å². The van der Waals surface area contributed by atoms with Gasteiger partial charge in [-0.2, -0.15) is 0 Å². The first-order valence-electron chi connectivity index (χ1n) is 5.86. The van der Waals surface area contributed by atoms with E-state index in [-0.39, 0.29) is 0 Å². The van der Waals surface area contributed by atoms with Crippen molar-refractivity contribution in [1.29, 1.82) is 0 Å². The number of aromatic nitrogens is 1. The molecule has 0 radical (unpaired) electrons. The molecule has 3 amide bonds. The third-order valence-electron chi connectivity index (χ3n) is 3.15. The molecule has 1 aromatic rings. The third kappa shape index (κ3) is 1.79. The van der Waals surface area contributed by atoms with E-state index in [9.17, 15) is 14.7 Å². The monoisotopic (exact) mass is 267 g/mol. The Morgan fingerprint density at radius 3 is 2.83 bits per heavy atom. The second-order valence-electron chi connectivity index (χ2n) is 4.67. The van der Waals surface area contributed by atoms with Gasteiger partial charge in [0.1, 0.15) is 6.04 Å². The topological polar surface area (TPSA) is 82.5 Å². The number of carbonyl (C=O) groups is 2. The Balaban J connectivity index is 1.86. The molecule has 1 aliphatic heterocycles. The van der Waals surface area contributed by atoms with Gasteiger partial charge in [0.2, 0.25) is 5.13 Å². The maximum Gasteiger partial charge on any atom is 0.331 e. The van der Waals surface area contributed by atoms with Crippen LogP contribution in [0.1, 0.15) is 31.4 Å². The molecular formula is C11H13N3O3S. The van der Waals surface area contributed by atoms with Crippen molar-refractivity contribution in [2.75, 3.05) is 4.90 Å². The maximum atomic E-state index is 12.0. The van der Waals surface area contributed by atoms with Gasteiger partial charge in [0.25, 0.3) is 5.91 Å². The van der Waals surface area contributed by atoms with Crippen LogP contribution in [0.5, 0.6) is 0 Å². The first-order chi connectivity index (χ1) is 8.58. The summed E-state index contributed by atoms with van der Waals surface area (Å²) < 4.78 is 0. The number of urea groups is 1. The van der Waals surface area contributed by atoms with Crippen molar-refractivity contribution in [3.05, 3.63) is 11.1 Å². The third-order valence-corrected chi connectivity index (χ3v) is 3.99. The highest BCUT2D eigenvalue weighted by Crippen LogP contribution is 2.41. The van der Waals surface area contributed by atoms with Gasteiger partial charge in [-0.25, -0.2) is 14.7 Å². The molecule has 2 N–H and O–H groups in total. The maximum absolute atomic E-state index is 12.0. The number of nitrogens with one attached hydrogen (secondary N) is 1. The van der Waals surface area contributed by atoms with Crippen molar-refractivity contribution in [3.63, 3.8) is 0 Å². The smallest absolute Gasteiger partial charge is 0.331 e. The lowest BCUT2D eigenvalue weighted by Crippen LogP contribution is -2.39. The van der Waals surface area contributed by atoms with Crippen molar-refractivity contribution in [2.45, 2.75) is 37.8 Å². The highest BCUT2D eigenvalue weighted by Gasteiger charge is 2.43. The lowest BCUT2D eigenvalue weighted by atomic mass is 10.2. The summed E-state index contributed by atoms with van der Waals surface area (Å²) in [6.45, 7) is 1.48. The molecule has 1 saturated carbocycles. The Kier molecular flexibility index (Phi) is 2.60. The lowest BCUT2D eigenvalue weighted by molar-refractivity contribution is -0.120. The molecule has 2 aliphatic rings. The van der Waals surface area contributed by atoms with Gasteiger partial charge in [0.05, 0.1) is 11.8 Å². The minimum absolute atomic E-state index is 0.391. The Labute approximate surface area is 108 Å². The lowest BCUT2D eigenvalue weighted by Gasteiger charge is -2.11. The van der Waals surface area contributed by atoms with Crippen LogP contribution in [0, 0.1) is 0 Å². The number of imide groups is 1. The molecule has 0 spiro atoms. The average Bonchev–Trinajstić information content (AvgIpc) is 2.98. The summed E-state index contributed by atoms with van der Waals surface area (Å²) in [6.07, 6.45) is 1.34. The highest BCUT2D eigenvalue weighted by molar-refractivity contribution is 7.14. The molecule has 1 aromatic heterocycles. The van der Waals surface area contributed by atoms with Crippen molar-refractivity contribution in [2.24, 2.45) is 0 Å². The van der Waals surface area contributed by atoms with Crippen LogP contribution in [0.3, 0.4) is 0 Å². The number of anilines is 1. The quantitative estimate of drug-likeness (QED) is 0.794. The van der Waals surface area contributed by atoms with Gasteiger partial charge in [0, 0.05) is 11.3 Å². The number of amides is 3. The molecule has 96 valence electrons. The highest BCUT2D eigenvalue weighted by atomic mass is 32.1. The number of carbonyl (C=O) groups excluding carboxylic acids is 2. The van der Waals surface area contributed by atoms with Gasteiger partial charge < -0.3 is 10.4 Å². The van der Waals surface area contributed by atoms with E-state index < -0.39 is 24.1 Å². The number of aliphatic hydroxyl groups excluding tert-OH is 1. The van der Waals surface area contributed by atoms with E-state index in [4.69, 9.17) is 0 Å². The number of hydrogen-bond acceptors (Lipinski definition) is 5. The average molecular weight is 267 g/mol. The zero-order valence-electron chi connectivity index (χ0n) is 9.79. The summed E-state index contributed by atoms with van der Waals surface area (Å²) in [7, 11) is 0. The predicted octanol–water partition coefficient (Wildman–Crippen LogP) is 0.826. The number of nitrogens with zero attached hydrogens (tertiary/aromatic N) is 2. The SMILES string of the molecule is CC(O)C1NC(=O)N(c2nc(C3CC3)cs2)C1=O. The van der Waals surface area contributed by atoms with Gasteiger partial charge in [0.15, 0.2) is 0 Å². The number of aliphatic hydroxyl groups is 1. The van der Waals surface area contributed by atoms with E-state index in [1.807, 2.05) is 5.38 Å². The van der Waals surface area contributed by atoms with Gasteiger partial charge in [-0.3, -0.25) is 4.79 Å². The molecule has 1 aliphatic carbocycles. The van der Waals surface area contributed by atoms with Crippen molar-refractivity contribution in [3.8, 4) is 0 Å². The molecule has 2 unspecified atom stereocenters. The van der Waals surface area contributed by atoms with E-state index >= 15 is 0 Å². The summed E-state index contributed by atoms with van der Waals surface area (Å²) >= 11 is 1.29. The zero-order chi connectivity index (χ0) is 12.9. The standard InChI is InChI=1S/C11H13N3O3S/c1-5(15)8-9(16)14(10(17)13-8)11-12-7(4-18-11)6-2-3-6/h4-6,8,15H,2-3H2,1H3,(H,13,17). The normalized spacial score (nSPS) is 25.4. The van der Waals surface area contributed by atoms with Gasteiger partial charge in [-0.1, -0.05) is 0 Å². The van der Waals surface area contributed by atoms with Gasteiger partial charge >= 0.3 is 6.03 Å². The molecule has 1 saturated heterocycles. The fourth-order valence-corrected chi connectivity index (χ4v) is 2.86. The molecule has 2 heterocycles. The van der Waals surface area contributed by atoms with Crippen molar-refractivity contribution < 1.29 is 14.7 Å². The summed E-state index contributed by atoms with van der Waals surface area (Å²) in [5, 5.41) is 14.2. The van der Waals surface area contributed by atoms with Crippen LogP contribution in [0.25, 0.3) is 0 Å². The van der Waals surface area contributed by atoms with E-state index in [0.717, 1.165) is 23.4 Å². The van der Waals surface area contributed by atoms with Crippen LogP contribution in [-0.4, -0.2) is 34.2 Å². The molecule has 2 atom stereocenters. The van der Waals surface area contributed by atoms with Crippen molar-refractivity contribution in [1.82, 2.24) is 10.3 Å². The number of hydrogen-bond donors (Lipinski definition) is 2. The summed E-state index contributed by atoms with van der Waals surface area (Å²) in [6, 6.07) is -1.38. The van der Waals surface area contributed by atoms with E-state index in [0.29, 0.717) is 11.0 Å². The molecule has 6 nitrogen and oxygen atoms in total. The van der Waals surface area contributed by atoms with Gasteiger partial charge in [-0.15, -0.1) is 11.3 Å². The number of rotatable bonds is 3. The van der Waals surface area contributed by atoms with Crippen LogP contribution in [0.15, 0.2) is 5.38 Å². The summed E-state index contributed by atoms with van der Waals surface area (Å²) in [4.78, 5) is 29.1. The second kappa shape index (κ2) is 4.03. The first-order valence-corrected chi connectivity index (χ1v) is 6.74. The van der Waals surface area contributed by atoms with Crippen LogP contribution in [0.2, 0.25) is 0 Å². The van der Waals surface area contributed by atoms with Crippen molar-refractivity contribution >= 4 is 28.4 Å². The second-order valence-corrected chi connectivity index (χ2v) is 5.51. The Hall–Kier alpha value is -1.47. The van der Waals surface area contributed by atoms with Crippen LogP contribution >= 0.6 is 11.3 Å². The minimum atomic E-state index is -0.908. The number of thiazole rings is 1. The Morgan fingerprint density at radius 2 is 2.28 bits per heavy atom. The van der Waals surface area contributed by atoms with E-state index in [2.05, 4.69) is 10.3 Å². The van der Waals surface area contributed by atoms with Crippen LogP contribution in [0.4, 0.5) is 9.93 Å². The van der Waals surface area contributed by atoms with E-state index in [1.54, 1.807) is 0 Å².